The van der Waals surface area contributed by atoms with E-state index in [1.165, 1.54) is 0 Å². The molecule has 0 radical (unpaired) electrons. The number of rotatable bonds is 6. The minimum Gasteiger partial charge on any atom is -0.496 e. The van der Waals surface area contributed by atoms with Crippen LogP contribution in [0.3, 0.4) is 0 Å². The van der Waals surface area contributed by atoms with Crippen LogP contribution in [0, 0.1) is 0 Å². The van der Waals surface area contributed by atoms with Gasteiger partial charge in [0.15, 0.2) is 0 Å². The summed E-state index contributed by atoms with van der Waals surface area (Å²) < 4.78 is 5.40. The van der Waals surface area contributed by atoms with E-state index in [1.807, 2.05) is 25.1 Å². The van der Waals surface area contributed by atoms with Crippen molar-refractivity contribution in [2.24, 2.45) is 0 Å². The summed E-state index contributed by atoms with van der Waals surface area (Å²) in [5.74, 6) is 0.892. The van der Waals surface area contributed by atoms with Gasteiger partial charge in [0.25, 0.3) is 0 Å². The van der Waals surface area contributed by atoms with Crippen LogP contribution in [0.4, 0.5) is 0 Å². The van der Waals surface area contributed by atoms with Crippen molar-refractivity contribution in [2.75, 3.05) is 39.8 Å². The standard InChI is InChI=1S/C16H25ClN2O2/c1-3-15(20)12-19-8-6-18(7-9-19)11-13-10-14(17)4-5-16(13)21-2/h4-5,10,15,20H,3,6-9,11-12H2,1-2H3. The number of nitrogens with zero attached hydrogens (tertiary/aromatic N) is 2. The fourth-order valence-corrected chi connectivity index (χ4v) is 2.86. The lowest BCUT2D eigenvalue weighted by molar-refractivity contribution is 0.0684. The molecule has 1 N–H and O–H groups in total. The van der Waals surface area contributed by atoms with Gasteiger partial charge in [-0.05, 0) is 24.6 Å². The summed E-state index contributed by atoms with van der Waals surface area (Å²) in [4.78, 5) is 4.74. The average Bonchev–Trinajstić information content (AvgIpc) is 2.49. The van der Waals surface area contributed by atoms with Crippen LogP contribution in [-0.4, -0.2) is 60.8 Å². The summed E-state index contributed by atoms with van der Waals surface area (Å²) in [5, 5.41) is 10.5. The molecule has 0 saturated carbocycles. The van der Waals surface area contributed by atoms with E-state index in [-0.39, 0.29) is 6.10 Å². The Morgan fingerprint density at radius 3 is 2.52 bits per heavy atom. The molecule has 118 valence electrons. The average molecular weight is 313 g/mol. The molecule has 0 aliphatic carbocycles. The number of halogens is 1. The van der Waals surface area contributed by atoms with E-state index in [1.54, 1.807) is 7.11 Å². The molecule has 0 bridgehead atoms. The first-order valence-corrected chi connectivity index (χ1v) is 7.95. The van der Waals surface area contributed by atoms with Crippen LogP contribution in [0.25, 0.3) is 0 Å². The van der Waals surface area contributed by atoms with E-state index in [0.717, 1.165) is 62.0 Å². The summed E-state index contributed by atoms with van der Waals surface area (Å²) in [6, 6.07) is 5.76. The van der Waals surface area contributed by atoms with Gasteiger partial charge in [0.2, 0.25) is 0 Å². The van der Waals surface area contributed by atoms with Crippen molar-refractivity contribution in [1.82, 2.24) is 9.80 Å². The highest BCUT2D eigenvalue weighted by Crippen LogP contribution is 2.24. The number of β-amino-alcohol motifs (C(OH)–C–C–N with tert-alkyl or cyclic N) is 1. The Bertz CT molecular complexity index is 448. The van der Waals surface area contributed by atoms with Gasteiger partial charge in [-0.25, -0.2) is 0 Å². The number of benzene rings is 1. The maximum absolute atomic E-state index is 9.72. The molecule has 0 aromatic heterocycles. The van der Waals surface area contributed by atoms with Gasteiger partial charge in [-0.3, -0.25) is 9.80 Å². The first kappa shape index (κ1) is 16.6. The van der Waals surface area contributed by atoms with Gasteiger partial charge >= 0.3 is 0 Å². The summed E-state index contributed by atoms with van der Waals surface area (Å²) in [6.07, 6.45) is 0.615. The Morgan fingerprint density at radius 1 is 1.24 bits per heavy atom. The molecule has 1 aromatic rings. The largest absolute Gasteiger partial charge is 0.496 e. The van der Waals surface area contributed by atoms with Gasteiger partial charge in [-0.15, -0.1) is 0 Å². The molecule has 1 unspecified atom stereocenters. The predicted molar refractivity (Wildman–Crippen MR) is 86.0 cm³/mol. The van der Waals surface area contributed by atoms with Crippen LogP contribution in [0.2, 0.25) is 5.02 Å². The SMILES string of the molecule is CCC(O)CN1CCN(Cc2cc(Cl)ccc2OC)CC1. The zero-order valence-corrected chi connectivity index (χ0v) is 13.6. The molecular weight excluding hydrogens is 288 g/mol. The minimum atomic E-state index is -0.204. The zero-order valence-electron chi connectivity index (χ0n) is 12.9. The van der Waals surface area contributed by atoms with E-state index in [4.69, 9.17) is 16.3 Å². The normalized spacial score (nSPS) is 18.7. The van der Waals surface area contributed by atoms with Gasteiger partial charge in [0.1, 0.15) is 5.75 Å². The molecule has 0 spiro atoms. The van der Waals surface area contributed by atoms with Crippen LogP contribution >= 0.6 is 11.6 Å². The molecule has 1 heterocycles. The van der Waals surface area contributed by atoms with Crippen LogP contribution in [0.15, 0.2) is 18.2 Å². The fourth-order valence-electron chi connectivity index (χ4n) is 2.67. The molecule has 2 rings (SSSR count). The lowest BCUT2D eigenvalue weighted by Crippen LogP contribution is -2.48. The number of hydrogen-bond acceptors (Lipinski definition) is 4. The second-order valence-electron chi connectivity index (χ2n) is 5.59. The topological polar surface area (TPSA) is 35.9 Å². The van der Waals surface area contributed by atoms with Gasteiger partial charge in [0, 0.05) is 49.9 Å². The van der Waals surface area contributed by atoms with Crippen molar-refractivity contribution in [3.63, 3.8) is 0 Å². The summed E-state index contributed by atoms with van der Waals surface area (Å²) in [6.45, 7) is 7.67. The molecule has 0 amide bonds. The molecule has 1 aliphatic rings. The van der Waals surface area contributed by atoms with E-state index >= 15 is 0 Å². The predicted octanol–water partition coefficient (Wildman–Crippen LogP) is 2.24. The number of aliphatic hydroxyl groups is 1. The smallest absolute Gasteiger partial charge is 0.123 e. The summed E-state index contributed by atoms with van der Waals surface area (Å²) in [5.41, 5.74) is 1.13. The lowest BCUT2D eigenvalue weighted by atomic mass is 10.1. The maximum atomic E-state index is 9.72. The number of methoxy groups -OCH3 is 1. The van der Waals surface area contributed by atoms with Crippen LogP contribution in [0.5, 0.6) is 5.75 Å². The quantitative estimate of drug-likeness (QED) is 0.874. The van der Waals surface area contributed by atoms with E-state index in [9.17, 15) is 5.11 Å². The number of ether oxygens (including phenoxy) is 1. The Kier molecular flexibility index (Phi) is 6.30. The highest BCUT2D eigenvalue weighted by Gasteiger charge is 2.19. The Hall–Kier alpha value is -0.810. The van der Waals surface area contributed by atoms with Crippen LogP contribution in [0.1, 0.15) is 18.9 Å². The van der Waals surface area contributed by atoms with Gasteiger partial charge in [0.05, 0.1) is 13.2 Å². The number of aliphatic hydroxyl groups excluding tert-OH is 1. The number of hydrogen-bond donors (Lipinski definition) is 1. The highest BCUT2D eigenvalue weighted by molar-refractivity contribution is 6.30. The molecule has 5 heteroatoms. The van der Waals surface area contributed by atoms with Gasteiger partial charge in [-0.1, -0.05) is 18.5 Å². The van der Waals surface area contributed by atoms with Crippen LogP contribution in [-0.2, 0) is 6.54 Å². The van der Waals surface area contributed by atoms with Crippen molar-refractivity contribution in [3.05, 3.63) is 28.8 Å². The first-order chi connectivity index (χ1) is 10.1. The van der Waals surface area contributed by atoms with Gasteiger partial charge in [-0.2, -0.15) is 0 Å². The summed E-state index contributed by atoms with van der Waals surface area (Å²) in [7, 11) is 1.69. The van der Waals surface area contributed by atoms with Crippen LogP contribution < -0.4 is 4.74 Å². The Labute approximate surface area is 132 Å². The molecule has 1 fully saturated rings. The van der Waals surface area contributed by atoms with Crippen molar-refractivity contribution in [2.45, 2.75) is 26.0 Å². The lowest BCUT2D eigenvalue weighted by Gasteiger charge is -2.35. The molecule has 1 atom stereocenters. The van der Waals surface area contributed by atoms with Crippen molar-refractivity contribution < 1.29 is 9.84 Å². The number of piperazine rings is 1. The monoisotopic (exact) mass is 312 g/mol. The minimum absolute atomic E-state index is 0.204. The van der Waals surface area contributed by atoms with Crippen molar-refractivity contribution in [1.29, 1.82) is 0 Å². The highest BCUT2D eigenvalue weighted by atomic mass is 35.5. The van der Waals surface area contributed by atoms with E-state index < -0.39 is 0 Å². The van der Waals surface area contributed by atoms with E-state index in [2.05, 4.69) is 9.80 Å². The molecule has 21 heavy (non-hydrogen) atoms. The third-order valence-electron chi connectivity index (χ3n) is 4.04. The maximum Gasteiger partial charge on any atom is 0.123 e. The van der Waals surface area contributed by atoms with Crippen molar-refractivity contribution in [3.8, 4) is 5.75 Å². The zero-order chi connectivity index (χ0) is 15.2. The Morgan fingerprint density at radius 2 is 1.90 bits per heavy atom. The first-order valence-electron chi connectivity index (χ1n) is 7.57. The van der Waals surface area contributed by atoms with Gasteiger partial charge < -0.3 is 9.84 Å². The van der Waals surface area contributed by atoms with E-state index in [0.29, 0.717) is 0 Å². The molecule has 4 nitrogen and oxygen atoms in total. The summed E-state index contributed by atoms with van der Waals surface area (Å²) >= 11 is 6.08. The fraction of sp³-hybridized carbons (Fsp3) is 0.625. The molecule has 1 saturated heterocycles. The molecule has 1 aliphatic heterocycles. The molecular formula is C16H25ClN2O2. The van der Waals surface area contributed by atoms with Crippen molar-refractivity contribution >= 4 is 11.6 Å². The molecule has 1 aromatic carbocycles. The second kappa shape index (κ2) is 7.99. The second-order valence-corrected chi connectivity index (χ2v) is 6.03. The third kappa shape index (κ3) is 4.85. The Balaban J connectivity index is 1.87. The third-order valence-corrected chi connectivity index (χ3v) is 4.28.